The van der Waals surface area contributed by atoms with Crippen LogP contribution in [0.5, 0.6) is 5.75 Å². The number of halogens is 1. The largest absolute Gasteiger partial charge is 0.497 e. The van der Waals surface area contributed by atoms with Gasteiger partial charge >= 0.3 is 0 Å². The first kappa shape index (κ1) is 36.3. The van der Waals surface area contributed by atoms with Gasteiger partial charge in [-0.3, -0.25) is 14.3 Å². The molecule has 3 N–H and O–H groups in total. The third-order valence-electron chi connectivity index (χ3n) is 11.3. The van der Waals surface area contributed by atoms with Crippen molar-refractivity contribution in [2.24, 2.45) is 5.92 Å². The third-order valence-corrected chi connectivity index (χ3v) is 15.9. The molecule has 0 saturated carbocycles. The van der Waals surface area contributed by atoms with Gasteiger partial charge in [0, 0.05) is 48.0 Å². The van der Waals surface area contributed by atoms with Gasteiger partial charge in [-0.25, -0.2) is 0 Å². The van der Waals surface area contributed by atoms with Crippen molar-refractivity contribution in [3.05, 3.63) is 94.8 Å². The van der Waals surface area contributed by atoms with Crippen LogP contribution >= 0.6 is 11.6 Å². The van der Waals surface area contributed by atoms with E-state index in [9.17, 15) is 9.90 Å². The lowest BCUT2D eigenvalue weighted by Gasteiger charge is -2.37. The summed E-state index contributed by atoms with van der Waals surface area (Å²) in [6, 6.07) is 21.5. The Kier molecular flexibility index (Phi) is 10.3. The minimum Gasteiger partial charge on any atom is -0.497 e. The molecule has 2 saturated heterocycles. The molecule has 3 aliphatic heterocycles. The van der Waals surface area contributed by atoms with E-state index in [-0.39, 0.29) is 42.0 Å². The number of aromatic nitrogens is 3. The molecule has 1 spiro atoms. The summed E-state index contributed by atoms with van der Waals surface area (Å²) in [6.45, 7) is 8.64. The molecule has 3 aliphatic rings. The van der Waals surface area contributed by atoms with Crippen LogP contribution in [0.3, 0.4) is 0 Å². The van der Waals surface area contributed by atoms with Gasteiger partial charge in [0.25, 0.3) is 5.91 Å². The van der Waals surface area contributed by atoms with Crippen LogP contribution < -0.4 is 25.5 Å². The number of methoxy groups -OCH3 is 1. The molecule has 5 atom stereocenters. The van der Waals surface area contributed by atoms with Crippen LogP contribution in [0.25, 0.3) is 0 Å². The second-order valence-corrected chi connectivity index (χ2v) is 19.9. The molecule has 7 rings (SSSR count). The Morgan fingerprint density at radius 2 is 1.92 bits per heavy atom. The van der Waals surface area contributed by atoms with Crippen molar-refractivity contribution in [3.63, 3.8) is 0 Å². The van der Waals surface area contributed by atoms with E-state index in [4.69, 9.17) is 21.1 Å². The van der Waals surface area contributed by atoms with Gasteiger partial charge in [0.05, 0.1) is 45.3 Å². The average molecular weight is 743 g/mol. The molecule has 0 bridgehead atoms. The number of nitrogens with zero attached hydrogens (tertiary/aromatic N) is 4. The number of aliphatic hydroxyl groups excluding tert-OH is 1. The summed E-state index contributed by atoms with van der Waals surface area (Å²) in [5.41, 5.74) is 2.78. The van der Waals surface area contributed by atoms with Crippen LogP contribution in [0.15, 0.2) is 72.9 Å². The number of anilines is 2. The summed E-state index contributed by atoms with van der Waals surface area (Å²) in [6.07, 6.45) is 4.49. The number of fused-ring (bicyclic) bond motifs is 2. The lowest BCUT2D eigenvalue weighted by atomic mass is 9.82. The summed E-state index contributed by atoms with van der Waals surface area (Å²) in [7, 11) is -0.671. The first-order chi connectivity index (χ1) is 25.0. The van der Waals surface area contributed by atoms with E-state index in [0.717, 1.165) is 53.3 Å². The summed E-state index contributed by atoms with van der Waals surface area (Å²) < 4.78 is 14.5. The molecule has 0 aliphatic carbocycles. The van der Waals surface area contributed by atoms with E-state index < -0.39 is 13.7 Å². The van der Waals surface area contributed by atoms with Crippen molar-refractivity contribution in [3.8, 4) is 5.75 Å². The van der Waals surface area contributed by atoms with Gasteiger partial charge in [-0.15, -0.1) is 5.10 Å². The van der Waals surface area contributed by atoms with Gasteiger partial charge in [-0.2, -0.15) is 0 Å². The van der Waals surface area contributed by atoms with E-state index in [1.807, 2.05) is 65.7 Å². The Balaban J connectivity index is 1.21. The highest BCUT2D eigenvalue weighted by Gasteiger charge is 2.66. The Labute approximate surface area is 310 Å². The predicted octanol–water partition coefficient (Wildman–Crippen LogP) is 5.02. The molecule has 4 heterocycles. The molecular weight excluding hydrogens is 696 g/mol. The number of aryl methyl sites for hydroxylation is 1. The maximum Gasteiger partial charge on any atom is 0.264 e. The number of carbonyl (C=O) groups excluding carboxylic acids is 2. The van der Waals surface area contributed by atoms with Crippen LogP contribution in [0.1, 0.15) is 43.0 Å². The van der Waals surface area contributed by atoms with Gasteiger partial charge in [0.2, 0.25) is 5.91 Å². The maximum absolute atomic E-state index is 15.1. The first-order valence-electron chi connectivity index (χ1n) is 18.1. The van der Waals surface area contributed by atoms with Crippen molar-refractivity contribution >= 4 is 48.1 Å². The molecule has 11 nitrogen and oxygen atoms in total. The van der Waals surface area contributed by atoms with E-state index in [0.29, 0.717) is 31.0 Å². The molecule has 13 heteroatoms. The zero-order valence-electron chi connectivity index (χ0n) is 30.1. The SMILES string of the molecule is COc1ccc([Si](C)(C)[C@H]2[C@H](CCn3cc(CCO)nn3)O[C@@]3(C(=O)N(Cc4ccc(NC(=O)[C@H]5CCCN5)cc4)c4ccc(Cl)cc43)[C@@H]2C)cc1. The van der Waals surface area contributed by atoms with Crippen molar-refractivity contribution < 1.29 is 24.2 Å². The number of nitrogens with one attached hydrogen (secondary N) is 2. The van der Waals surface area contributed by atoms with Crippen molar-refractivity contribution in [1.82, 2.24) is 20.3 Å². The lowest BCUT2D eigenvalue weighted by Crippen LogP contribution is -2.51. The van der Waals surface area contributed by atoms with E-state index in [2.05, 4.69) is 53.1 Å². The molecule has 274 valence electrons. The second-order valence-electron chi connectivity index (χ2n) is 14.8. The van der Waals surface area contributed by atoms with Crippen LogP contribution in [0, 0.1) is 5.92 Å². The summed E-state index contributed by atoms with van der Waals surface area (Å²) in [5, 5.41) is 26.0. The zero-order chi connectivity index (χ0) is 36.6. The number of rotatable bonds is 12. The Morgan fingerprint density at radius 3 is 2.62 bits per heavy atom. The van der Waals surface area contributed by atoms with Crippen molar-refractivity contribution in [1.29, 1.82) is 0 Å². The normalized spacial score (nSPS) is 24.1. The van der Waals surface area contributed by atoms with Gasteiger partial charge in [-0.05, 0) is 79.4 Å². The van der Waals surface area contributed by atoms with Crippen molar-refractivity contribution in [2.75, 3.05) is 30.5 Å². The minimum atomic E-state index is -2.34. The Hall–Kier alpha value is -4.07. The standard InChI is InChI=1S/C39H47ClN6O5Si/c1-25-36(52(3,4)31-14-12-30(50-2)13-15-31)35(17-20-45-24-29(18-21-47)43-44-45)51-39(25)32-22-27(40)9-16-34(32)46(38(39)49)23-26-7-10-28(11-8-26)42-37(48)33-6-5-19-41-33/h7-16,22,24-25,33,35-36,41,47H,5-6,17-21,23H2,1-4H3,(H,42,48)/t25-,33-,35+,36-,39+/m1/s1. The monoisotopic (exact) mass is 742 g/mol. The highest BCUT2D eigenvalue weighted by molar-refractivity contribution is 6.91. The third kappa shape index (κ3) is 6.67. The van der Waals surface area contributed by atoms with E-state index in [1.54, 1.807) is 11.8 Å². The highest BCUT2D eigenvalue weighted by Crippen LogP contribution is 2.60. The molecule has 52 heavy (non-hydrogen) atoms. The molecular formula is C39H47ClN6O5Si. The number of ether oxygens (including phenoxy) is 2. The molecule has 4 aromatic rings. The maximum atomic E-state index is 15.1. The predicted molar refractivity (Wildman–Crippen MR) is 204 cm³/mol. The highest BCUT2D eigenvalue weighted by atomic mass is 35.5. The Bertz CT molecular complexity index is 1910. The molecule has 3 aromatic carbocycles. The van der Waals surface area contributed by atoms with Gasteiger partial charge in [0.1, 0.15) is 5.75 Å². The van der Waals surface area contributed by atoms with Crippen LogP contribution in [0.4, 0.5) is 11.4 Å². The van der Waals surface area contributed by atoms with Crippen molar-refractivity contribution in [2.45, 2.75) is 82.1 Å². The quantitative estimate of drug-likeness (QED) is 0.173. The molecule has 2 fully saturated rings. The lowest BCUT2D eigenvalue weighted by molar-refractivity contribution is -0.146. The number of hydrogen-bond acceptors (Lipinski definition) is 8. The number of aliphatic hydroxyl groups is 1. The van der Waals surface area contributed by atoms with Gasteiger partial charge < -0.3 is 30.1 Å². The number of hydrogen-bond donors (Lipinski definition) is 3. The van der Waals surface area contributed by atoms with E-state index in [1.165, 1.54) is 5.19 Å². The topological polar surface area (TPSA) is 131 Å². The number of benzene rings is 3. The first-order valence-corrected chi connectivity index (χ1v) is 21.6. The number of amides is 2. The Morgan fingerprint density at radius 1 is 1.15 bits per heavy atom. The molecule has 2 amide bonds. The van der Waals surface area contributed by atoms with Gasteiger partial charge in [-0.1, -0.05) is 66.3 Å². The van der Waals surface area contributed by atoms with E-state index >= 15 is 4.79 Å². The molecule has 0 unspecified atom stereocenters. The molecule has 0 radical (unpaired) electrons. The van der Waals surface area contributed by atoms with Gasteiger partial charge in [0.15, 0.2) is 5.60 Å². The number of carbonyl (C=O) groups is 2. The fraction of sp³-hybridized carbons (Fsp3) is 0.436. The summed E-state index contributed by atoms with van der Waals surface area (Å²) in [5.74, 6) is 0.492. The average Bonchev–Trinajstić information content (AvgIpc) is 3.94. The molecule has 1 aromatic heterocycles. The fourth-order valence-corrected chi connectivity index (χ4v) is 12.9. The fourth-order valence-electron chi connectivity index (χ4n) is 8.66. The smallest absolute Gasteiger partial charge is 0.264 e. The van der Waals surface area contributed by atoms with Crippen LogP contribution in [0.2, 0.25) is 23.7 Å². The summed E-state index contributed by atoms with van der Waals surface area (Å²) in [4.78, 5) is 29.6. The van der Waals surface area contributed by atoms with Crippen LogP contribution in [-0.4, -0.2) is 72.4 Å². The second kappa shape index (κ2) is 14.7. The minimum absolute atomic E-state index is 0.00755. The van der Waals surface area contributed by atoms with Crippen LogP contribution in [-0.2, 0) is 39.4 Å². The summed E-state index contributed by atoms with van der Waals surface area (Å²) >= 11 is 6.69. The zero-order valence-corrected chi connectivity index (χ0v) is 31.9.